The van der Waals surface area contributed by atoms with E-state index in [2.05, 4.69) is 0 Å². The van der Waals surface area contributed by atoms with Gasteiger partial charge >= 0.3 is 5.97 Å². The maximum Gasteiger partial charge on any atom is 0.313 e. The fourth-order valence-corrected chi connectivity index (χ4v) is 7.80. The van der Waals surface area contributed by atoms with Crippen LogP contribution in [0.2, 0.25) is 0 Å². The summed E-state index contributed by atoms with van der Waals surface area (Å²) in [6.07, 6.45) is 5.97. The van der Waals surface area contributed by atoms with Crippen molar-refractivity contribution in [3.63, 3.8) is 0 Å². The number of carbonyl (C=O) groups is 4. The molecule has 2 fully saturated rings. The number of likely N-dealkylation sites (tertiary alicyclic amines) is 1. The van der Waals surface area contributed by atoms with Gasteiger partial charge in [-0.3, -0.25) is 19.2 Å². The summed E-state index contributed by atoms with van der Waals surface area (Å²) in [6.45, 7) is 5.42. The number of nitrogens with zero attached hydrogens (tertiary/aromatic N) is 3. The molecule has 2 saturated heterocycles. The van der Waals surface area contributed by atoms with Crippen molar-refractivity contribution in [2.45, 2.75) is 69.5 Å². The van der Waals surface area contributed by atoms with Crippen molar-refractivity contribution in [3.05, 3.63) is 84.5 Å². The largest absolute Gasteiger partial charge is 0.497 e. The van der Waals surface area contributed by atoms with Gasteiger partial charge in [0.15, 0.2) is 0 Å². The number of benzene rings is 2. The molecular weight excluding hydrogens is 626 g/mol. The van der Waals surface area contributed by atoms with Crippen LogP contribution in [0.4, 0.5) is 5.69 Å². The zero-order chi connectivity index (χ0) is 35.0. The molecule has 11 heteroatoms. The van der Waals surface area contributed by atoms with Crippen molar-refractivity contribution in [2.75, 3.05) is 32.2 Å². The number of anilines is 1. The van der Waals surface area contributed by atoms with Crippen LogP contribution in [0.15, 0.2) is 78.9 Å². The van der Waals surface area contributed by atoms with E-state index in [-0.39, 0.29) is 37.3 Å². The van der Waals surface area contributed by atoms with Gasteiger partial charge < -0.3 is 34.0 Å². The van der Waals surface area contributed by atoms with Crippen LogP contribution in [-0.2, 0) is 28.7 Å². The number of hydrogen-bond acceptors (Lipinski definition) is 8. The van der Waals surface area contributed by atoms with Crippen molar-refractivity contribution in [1.29, 1.82) is 0 Å². The number of methoxy groups -OCH3 is 1. The van der Waals surface area contributed by atoms with Gasteiger partial charge in [-0.2, -0.15) is 0 Å². The van der Waals surface area contributed by atoms with Gasteiger partial charge in [-0.25, -0.2) is 0 Å². The molecular formula is C38H45N3O8. The number of fused-ring (bicyclic) bond motifs is 2. The van der Waals surface area contributed by atoms with Gasteiger partial charge in [0.1, 0.15) is 29.4 Å². The molecule has 11 nitrogen and oxygen atoms in total. The van der Waals surface area contributed by atoms with E-state index in [4.69, 9.17) is 14.2 Å². The molecule has 0 saturated carbocycles. The first-order chi connectivity index (χ1) is 23.5. The van der Waals surface area contributed by atoms with E-state index in [9.17, 15) is 24.3 Å². The van der Waals surface area contributed by atoms with Crippen LogP contribution >= 0.6 is 0 Å². The number of likely N-dealkylation sites (N-methyl/N-ethyl adjacent to an activating group) is 1. The van der Waals surface area contributed by atoms with Gasteiger partial charge in [0.2, 0.25) is 11.8 Å². The van der Waals surface area contributed by atoms with Crippen LogP contribution in [0.1, 0.15) is 45.3 Å². The Labute approximate surface area is 287 Å². The number of ether oxygens (including phenoxy) is 3. The molecule has 1 spiro atoms. The lowest BCUT2D eigenvalue weighted by molar-refractivity contribution is -0.164. The topological polar surface area (TPSA) is 126 Å². The molecule has 0 aromatic heterocycles. The monoisotopic (exact) mass is 671 g/mol. The first-order valence-corrected chi connectivity index (χ1v) is 17.0. The number of rotatable bonds is 6. The summed E-state index contributed by atoms with van der Waals surface area (Å²) in [5.41, 5.74) is -0.222. The number of carbonyl (C=O) groups excluding carboxylic acids is 4. The molecule has 2 aromatic carbocycles. The molecule has 0 unspecified atom stereocenters. The predicted molar refractivity (Wildman–Crippen MR) is 181 cm³/mol. The third kappa shape index (κ3) is 5.93. The van der Waals surface area contributed by atoms with E-state index in [0.717, 1.165) is 0 Å². The third-order valence-electron chi connectivity index (χ3n) is 10.6. The zero-order valence-electron chi connectivity index (χ0n) is 28.6. The smallest absolute Gasteiger partial charge is 0.313 e. The molecule has 49 heavy (non-hydrogen) atoms. The summed E-state index contributed by atoms with van der Waals surface area (Å²) < 4.78 is 18.5. The Bertz CT molecular complexity index is 1620. The average molecular weight is 672 g/mol. The van der Waals surface area contributed by atoms with Crippen molar-refractivity contribution in [3.8, 4) is 5.75 Å². The summed E-state index contributed by atoms with van der Waals surface area (Å²) in [5.74, 6) is -3.39. The number of amides is 3. The van der Waals surface area contributed by atoms with Gasteiger partial charge in [-0.15, -0.1) is 0 Å². The molecule has 1 N–H and O–H groups in total. The first kappa shape index (κ1) is 34.4. The number of cyclic esters (lactones) is 1. The lowest BCUT2D eigenvalue weighted by Gasteiger charge is -2.39. The molecule has 6 rings (SSSR count). The fraction of sp³-hybridized carbons (Fsp3) is 0.474. The van der Waals surface area contributed by atoms with Crippen LogP contribution in [0, 0.1) is 17.8 Å². The number of aliphatic hydroxyl groups is 1. The normalized spacial score (nSPS) is 31.7. The first-order valence-electron chi connectivity index (χ1n) is 17.0. The molecule has 0 bridgehead atoms. The molecule has 0 aliphatic carbocycles. The van der Waals surface area contributed by atoms with E-state index in [1.807, 2.05) is 51.1 Å². The molecule has 0 radical (unpaired) electrons. The maximum atomic E-state index is 14.9. The molecule has 4 heterocycles. The molecule has 3 amide bonds. The Kier molecular flexibility index (Phi) is 9.68. The van der Waals surface area contributed by atoms with Crippen molar-refractivity contribution >= 4 is 29.4 Å². The van der Waals surface area contributed by atoms with Crippen molar-refractivity contribution in [2.24, 2.45) is 17.8 Å². The number of aliphatic hydroxyl groups excluding tert-OH is 1. The fourth-order valence-electron chi connectivity index (χ4n) is 7.80. The standard InChI is InChI=1S/C38H45N3O8/c1-23(2)28(22-42)41-34-36(45)40(26-16-18-27(47-5)19-17-26)21-11-20-38(34)32(35(41)44)31-29(49-38)14-9-10-15-30(43)39(4)24(3)33(48-37(31)46)25-12-7-6-8-13-25/h6-9,11-14,16-20,23-24,28-29,31-34,42H,10,15,21-22H2,1-5H3/b14-9-/t24-,28+,29-,31+,32+,33+,34-,38+/m1/s1. The second-order valence-corrected chi connectivity index (χ2v) is 13.6. The van der Waals surface area contributed by atoms with Gasteiger partial charge in [-0.05, 0) is 49.1 Å². The maximum absolute atomic E-state index is 14.9. The van der Waals surface area contributed by atoms with E-state index in [1.54, 1.807) is 72.5 Å². The van der Waals surface area contributed by atoms with Crippen LogP contribution in [-0.4, -0.2) is 95.7 Å². The van der Waals surface area contributed by atoms with E-state index < -0.39 is 59.6 Å². The van der Waals surface area contributed by atoms with E-state index in [0.29, 0.717) is 23.4 Å². The molecule has 260 valence electrons. The second-order valence-electron chi connectivity index (χ2n) is 13.6. The highest BCUT2D eigenvalue weighted by Crippen LogP contribution is 2.54. The van der Waals surface area contributed by atoms with E-state index in [1.165, 1.54) is 4.90 Å². The zero-order valence-corrected chi connectivity index (χ0v) is 28.6. The minimum atomic E-state index is -1.53. The number of esters is 1. The highest BCUT2D eigenvalue weighted by atomic mass is 16.6. The Morgan fingerprint density at radius 2 is 1.71 bits per heavy atom. The molecule has 4 aliphatic heterocycles. The second kappa shape index (κ2) is 13.8. The van der Waals surface area contributed by atoms with Gasteiger partial charge in [0.25, 0.3) is 5.91 Å². The van der Waals surface area contributed by atoms with Crippen LogP contribution in [0.5, 0.6) is 5.75 Å². The summed E-state index contributed by atoms with van der Waals surface area (Å²) >= 11 is 0. The highest BCUT2D eigenvalue weighted by Gasteiger charge is 2.72. The van der Waals surface area contributed by atoms with Crippen molar-refractivity contribution < 1.29 is 38.5 Å². The quantitative estimate of drug-likeness (QED) is 0.365. The van der Waals surface area contributed by atoms with Crippen LogP contribution < -0.4 is 9.64 Å². The predicted octanol–water partition coefficient (Wildman–Crippen LogP) is 3.68. The summed E-state index contributed by atoms with van der Waals surface area (Å²) in [5, 5.41) is 10.6. The molecule has 2 aromatic rings. The van der Waals surface area contributed by atoms with Crippen molar-refractivity contribution in [1.82, 2.24) is 9.80 Å². The minimum Gasteiger partial charge on any atom is -0.497 e. The Balaban J connectivity index is 1.47. The lowest BCUT2D eigenvalue weighted by atomic mass is 9.77. The SMILES string of the molecule is COc1ccc(N2CC=C[C@]34O[C@@H]5/C=C\CCC(=O)N(C)[C@H](C)[C@@H](c6ccccc6)OC(=O)[C@@H]5[C@H]3C(=O)N([C@@H](CO)C(C)C)[C@@H]4C2=O)cc1. The molecule has 8 atom stereocenters. The van der Waals surface area contributed by atoms with Crippen LogP contribution in [0.25, 0.3) is 0 Å². The Hall–Kier alpha value is -4.48. The Morgan fingerprint density at radius 1 is 1.00 bits per heavy atom. The lowest BCUT2D eigenvalue weighted by Crippen LogP contribution is -2.59. The van der Waals surface area contributed by atoms with E-state index >= 15 is 0 Å². The highest BCUT2D eigenvalue weighted by molar-refractivity contribution is 6.05. The summed E-state index contributed by atoms with van der Waals surface area (Å²) in [7, 11) is 3.26. The van der Waals surface area contributed by atoms with Gasteiger partial charge in [0, 0.05) is 25.7 Å². The number of hydrogen-bond donors (Lipinski definition) is 1. The third-order valence-corrected chi connectivity index (χ3v) is 10.6. The van der Waals surface area contributed by atoms with Gasteiger partial charge in [0.05, 0.1) is 37.8 Å². The van der Waals surface area contributed by atoms with Gasteiger partial charge in [-0.1, -0.05) is 68.5 Å². The summed E-state index contributed by atoms with van der Waals surface area (Å²) in [6, 6.07) is 13.9. The minimum absolute atomic E-state index is 0.0976. The average Bonchev–Trinajstić information content (AvgIpc) is 3.49. The molecule has 4 aliphatic rings. The Morgan fingerprint density at radius 3 is 2.37 bits per heavy atom. The summed E-state index contributed by atoms with van der Waals surface area (Å²) in [4.78, 5) is 62.0. The number of allylic oxidation sites excluding steroid dienone is 1. The van der Waals surface area contributed by atoms with Crippen LogP contribution in [0.3, 0.4) is 0 Å².